The first-order valence-electron chi connectivity index (χ1n) is 12.1. The Bertz CT molecular complexity index is 783. The average Bonchev–Trinajstić information content (AvgIpc) is 3.39. The summed E-state index contributed by atoms with van der Waals surface area (Å²) in [5.41, 5.74) is 5.54. The molecule has 1 nitrogen and oxygen atoms in total. The van der Waals surface area contributed by atoms with E-state index in [1.54, 1.807) is 4.88 Å². The van der Waals surface area contributed by atoms with Gasteiger partial charge in [-0.1, -0.05) is 58.8 Å². The Morgan fingerprint density at radius 3 is 2.34 bits per heavy atom. The number of unbranched alkanes of at least 4 members (excludes halogenated alkanes) is 1. The molecule has 2 heterocycles. The fourth-order valence-corrected chi connectivity index (χ4v) is 4.99. The first-order valence-corrected chi connectivity index (χ1v) is 13.8. The maximum atomic E-state index is 10.3. The van der Waals surface area contributed by atoms with Gasteiger partial charge in [-0.3, -0.25) is 4.39 Å². The van der Waals surface area contributed by atoms with Crippen molar-refractivity contribution in [3.8, 4) is 0 Å². The summed E-state index contributed by atoms with van der Waals surface area (Å²) in [5, 5.41) is 5.88. The maximum absolute atomic E-state index is 10.3. The minimum absolute atomic E-state index is 0.250. The van der Waals surface area contributed by atoms with E-state index < -0.39 is 0 Å². The Kier molecular flexibility index (Phi) is 17.3. The van der Waals surface area contributed by atoms with Gasteiger partial charge < -0.3 is 5.32 Å². The van der Waals surface area contributed by atoms with E-state index >= 15 is 0 Å². The fourth-order valence-electron chi connectivity index (χ4n) is 3.02. The Balaban J connectivity index is 0.00000177. The summed E-state index contributed by atoms with van der Waals surface area (Å²) in [4.78, 5) is 4.34. The lowest BCUT2D eigenvalue weighted by Crippen LogP contribution is -2.11. The zero-order valence-corrected chi connectivity index (χ0v) is 23.5. The predicted octanol–water partition coefficient (Wildman–Crippen LogP) is 9.89. The third-order valence-electron chi connectivity index (χ3n) is 4.90. The highest BCUT2D eigenvalue weighted by Crippen LogP contribution is 2.34. The number of thiophene rings is 2. The molecule has 0 radical (unpaired) electrons. The SMILES string of the molecule is CC.CCC/C=C(C)/C=C(/NCc1cccs1)c1sc(CCC(C)C)c(C)c1C.CCF. The number of allylic oxidation sites excluding steroid dienone is 3. The molecule has 0 saturated heterocycles. The number of alkyl halides is 1. The van der Waals surface area contributed by atoms with Crippen LogP contribution in [-0.2, 0) is 13.0 Å². The second-order valence-electron chi connectivity index (χ2n) is 8.03. The van der Waals surface area contributed by atoms with E-state index in [2.05, 4.69) is 76.5 Å². The topological polar surface area (TPSA) is 12.0 Å². The smallest absolute Gasteiger partial charge is 0.0866 e. The zero-order valence-electron chi connectivity index (χ0n) is 21.9. The third kappa shape index (κ3) is 11.5. The van der Waals surface area contributed by atoms with E-state index in [9.17, 15) is 4.39 Å². The third-order valence-corrected chi connectivity index (χ3v) is 7.26. The van der Waals surface area contributed by atoms with Gasteiger partial charge in [-0.15, -0.1) is 22.7 Å². The Morgan fingerprint density at radius 2 is 1.81 bits per heavy atom. The van der Waals surface area contributed by atoms with Gasteiger partial charge >= 0.3 is 0 Å². The molecule has 0 unspecified atom stereocenters. The lowest BCUT2D eigenvalue weighted by atomic mass is 10.0. The molecule has 0 aliphatic heterocycles. The Hall–Kier alpha value is -1.39. The number of hydrogen-bond acceptors (Lipinski definition) is 3. The summed E-state index contributed by atoms with van der Waals surface area (Å²) in [5.74, 6) is 0.751. The van der Waals surface area contributed by atoms with E-state index in [4.69, 9.17) is 0 Å². The normalized spacial score (nSPS) is 11.6. The van der Waals surface area contributed by atoms with Crippen molar-refractivity contribution < 1.29 is 4.39 Å². The largest absolute Gasteiger partial charge is 0.379 e. The molecule has 2 aromatic heterocycles. The molecule has 0 bridgehead atoms. The molecule has 0 atom stereocenters. The first-order chi connectivity index (χ1) is 15.3. The molecule has 0 spiro atoms. The Labute approximate surface area is 205 Å². The van der Waals surface area contributed by atoms with Gasteiger partial charge in [0.15, 0.2) is 0 Å². The summed E-state index contributed by atoms with van der Waals surface area (Å²) >= 11 is 3.80. The number of hydrogen-bond donors (Lipinski definition) is 1. The summed E-state index contributed by atoms with van der Waals surface area (Å²) in [6.45, 7) is 19.8. The minimum atomic E-state index is -0.250. The van der Waals surface area contributed by atoms with Crippen molar-refractivity contribution in [2.45, 2.75) is 94.5 Å². The van der Waals surface area contributed by atoms with Gasteiger partial charge in [0.05, 0.1) is 17.2 Å². The van der Waals surface area contributed by atoms with Crippen molar-refractivity contribution in [1.29, 1.82) is 0 Å². The second kappa shape index (κ2) is 18.1. The quantitative estimate of drug-likeness (QED) is 0.334. The van der Waals surface area contributed by atoms with Gasteiger partial charge in [0.25, 0.3) is 0 Å². The molecule has 0 fully saturated rings. The van der Waals surface area contributed by atoms with Crippen molar-refractivity contribution in [3.63, 3.8) is 0 Å². The van der Waals surface area contributed by atoms with Crippen LogP contribution < -0.4 is 5.32 Å². The molecule has 0 aliphatic carbocycles. The van der Waals surface area contributed by atoms with Crippen LogP contribution >= 0.6 is 22.7 Å². The van der Waals surface area contributed by atoms with Crippen LogP contribution in [0.25, 0.3) is 5.70 Å². The van der Waals surface area contributed by atoms with Crippen LogP contribution in [0.15, 0.2) is 35.2 Å². The number of halogens is 1. The van der Waals surface area contributed by atoms with E-state index in [1.165, 1.54) is 58.3 Å². The monoisotopic (exact) mass is 479 g/mol. The molecule has 2 rings (SSSR count). The molecule has 2 aromatic rings. The number of nitrogens with one attached hydrogen (secondary N) is 1. The van der Waals surface area contributed by atoms with Crippen LogP contribution in [0.1, 0.15) is 93.5 Å². The minimum Gasteiger partial charge on any atom is -0.379 e. The highest BCUT2D eigenvalue weighted by molar-refractivity contribution is 7.13. The lowest BCUT2D eigenvalue weighted by molar-refractivity contribution is 0.527. The van der Waals surface area contributed by atoms with Crippen molar-refractivity contribution in [2.75, 3.05) is 6.67 Å². The van der Waals surface area contributed by atoms with Crippen molar-refractivity contribution in [1.82, 2.24) is 5.32 Å². The van der Waals surface area contributed by atoms with Gasteiger partial charge in [-0.05, 0) is 81.5 Å². The van der Waals surface area contributed by atoms with Crippen LogP contribution in [0.4, 0.5) is 4.39 Å². The fraction of sp³-hybridized carbons (Fsp3) is 0.571. The zero-order chi connectivity index (χ0) is 24.5. The van der Waals surface area contributed by atoms with E-state index in [0.717, 1.165) is 18.9 Å². The molecular formula is C28H46FNS2. The molecule has 182 valence electrons. The van der Waals surface area contributed by atoms with Gasteiger partial charge in [0, 0.05) is 16.3 Å². The van der Waals surface area contributed by atoms with Gasteiger partial charge in [0.2, 0.25) is 0 Å². The summed E-state index contributed by atoms with van der Waals surface area (Å²) < 4.78 is 10.3. The van der Waals surface area contributed by atoms with Crippen molar-refractivity contribution in [3.05, 3.63) is 61.0 Å². The molecule has 32 heavy (non-hydrogen) atoms. The molecule has 0 aliphatic rings. The summed E-state index contributed by atoms with van der Waals surface area (Å²) in [6, 6.07) is 4.33. The number of aryl methyl sites for hydroxylation is 1. The van der Waals surface area contributed by atoms with E-state index in [-0.39, 0.29) is 6.67 Å². The summed E-state index contributed by atoms with van der Waals surface area (Å²) in [7, 11) is 0. The van der Waals surface area contributed by atoms with E-state index in [1.807, 2.05) is 36.5 Å². The van der Waals surface area contributed by atoms with Crippen LogP contribution in [0.5, 0.6) is 0 Å². The average molecular weight is 480 g/mol. The molecule has 4 heteroatoms. The molecule has 1 N–H and O–H groups in total. The molecule has 0 saturated carbocycles. The molecule has 0 amide bonds. The van der Waals surface area contributed by atoms with Gasteiger partial charge in [-0.2, -0.15) is 0 Å². The maximum Gasteiger partial charge on any atom is 0.0866 e. The van der Waals surface area contributed by atoms with Crippen LogP contribution in [0, 0.1) is 19.8 Å². The first kappa shape index (κ1) is 30.6. The second-order valence-corrected chi connectivity index (χ2v) is 10.2. The lowest BCUT2D eigenvalue weighted by Gasteiger charge is -2.11. The van der Waals surface area contributed by atoms with Crippen LogP contribution in [0.2, 0.25) is 0 Å². The predicted molar refractivity (Wildman–Crippen MR) is 148 cm³/mol. The molecule has 0 aromatic carbocycles. The van der Waals surface area contributed by atoms with E-state index in [0.29, 0.717) is 0 Å². The van der Waals surface area contributed by atoms with Crippen molar-refractivity contribution in [2.24, 2.45) is 5.92 Å². The van der Waals surface area contributed by atoms with Crippen LogP contribution in [-0.4, -0.2) is 6.67 Å². The number of rotatable bonds is 10. The van der Waals surface area contributed by atoms with Gasteiger partial charge in [0.1, 0.15) is 0 Å². The Morgan fingerprint density at radius 1 is 1.16 bits per heavy atom. The highest BCUT2D eigenvalue weighted by atomic mass is 32.1. The molecular weight excluding hydrogens is 433 g/mol. The van der Waals surface area contributed by atoms with Crippen molar-refractivity contribution >= 4 is 28.4 Å². The van der Waals surface area contributed by atoms with Gasteiger partial charge in [-0.25, -0.2) is 0 Å². The van der Waals surface area contributed by atoms with Crippen LogP contribution in [0.3, 0.4) is 0 Å². The highest BCUT2D eigenvalue weighted by Gasteiger charge is 2.15. The standard InChI is InChI=1S/C24H35NS2.C2H5F.C2H6/c1-7-8-10-18(4)15-22(25-16-21-11-9-14-26-21)24-20(6)19(5)23(27-24)13-12-17(2)3;1-2-3;1-2/h9-11,14-15,17,25H,7-8,12-13,16H2,1-6H3;2H2,1H3;1-2H3/b18-10+,22-15+;;. The summed E-state index contributed by atoms with van der Waals surface area (Å²) in [6.07, 6.45) is 9.48.